The second kappa shape index (κ2) is 7.82. The van der Waals surface area contributed by atoms with Gasteiger partial charge in [0.2, 0.25) is 5.91 Å². The summed E-state index contributed by atoms with van der Waals surface area (Å²) in [4.78, 5) is 24.3. The Morgan fingerprint density at radius 3 is 2.92 bits per heavy atom. The molecule has 1 amide bonds. The third-order valence-electron chi connectivity index (χ3n) is 4.63. The van der Waals surface area contributed by atoms with Gasteiger partial charge in [0.25, 0.3) is 0 Å². The zero-order chi connectivity index (χ0) is 17.8. The normalized spacial score (nSPS) is 14.7. The third kappa shape index (κ3) is 3.70. The maximum Gasteiger partial charge on any atom is 0.225 e. The number of nitrogens with zero attached hydrogens (tertiary/aromatic N) is 5. The molecule has 1 aliphatic rings. The SMILES string of the molecule is O=C(Cc1cccs1)NCCn1ncc2c(N3CCCCC3)ncnc21. The topological polar surface area (TPSA) is 75.9 Å². The van der Waals surface area contributed by atoms with E-state index in [-0.39, 0.29) is 5.91 Å². The van der Waals surface area contributed by atoms with Crippen LogP contribution in [0.25, 0.3) is 11.0 Å². The van der Waals surface area contributed by atoms with E-state index in [0.29, 0.717) is 19.5 Å². The zero-order valence-corrected chi connectivity index (χ0v) is 15.4. The van der Waals surface area contributed by atoms with E-state index in [4.69, 9.17) is 0 Å². The van der Waals surface area contributed by atoms with Crippen LogP contribution >= 0.6 is 11.3 Å². The van der Waals surface area contributed by atoms with E-state index >= 15 is 0 Å². The summed E-state index contributed by atoms with van der Waals surface area (Å²) in [6, 6.07) is 3.94. The average Bonchev–Trinajstić information content (AvgIpc) is 3.32. The van der Waals surface area contributed by atoms with Crippen LogP contribution in [0.15, 0.2) is 30.0 Å². The Labute approximate surface area is 156 Å². The van der Waals surface area contributed by atoms with Crippen LogP contribution in [0.4, 0.5) is 5.82 Å². The molecule has 0 aromatic carbocycles. The first-order valence-corrected chi connectivity index (χ1v) is 9.90. The van der Waals surface area contributed by atoms with Crippen LogP contribution in [-0.2, 0) is 17.8 Å². The molecular formula is C18H22N6OS. The lowest BCUT2D eigenvalue weighted by Gasteiger charge is -2.27. The first kappa shape index (κ1) is 17.0. The Bertz CT molecular complexity index is 869. The van der Waals surface area contributed by atoms with Gasteiger partial charge in [0, 0.05) is 24.5 Å². The third-order valence-corrected chi connectivity index (χ3v) is 5.51. The molecule has 8 heteroatoms. The number of carbonyl (C=O) groups excluding carboxylic acids is 1. The fourth-order valence-electron chi connectivity index (χ4n) is 3.34. The van der Waals surface area contributed by atoms with Crippen LogP contribution in [-0.4, -0.2) is 45.3 Å². The van der Waals surface area contributed by atoms with Crippen molar-refractivity contribution in [1.29, 1.82) is 0 Å². The number of carbonyl (C=O) groups is 1. The van der Waals surface area contributed by atoms with Gasteiger partial charge in [-0.05, 0) is 30.7 Å². The molecule has 0 spiro atoms. The van der Waals surface area contributed by atoms with Crippen molar-refractivity contribution in [2.45, 2.75) is 32.2 Å². The minimum absolute atomic E-state index is 0.0348. The molecule has 0 bridgehead atoms. The molecule has 3 aromatic heterocycles. The van der Waals surface area contributed by atoms with Crippen molar-refractivity contribution in [2.24, 2.45) is 0 Å². The van der Waals surface area contributed by atoms with E-state index < -0.39 is 0 Å². The number of thiophene rings is 1. The van der Waals surface area contributed by atoms with Crippen LogP contribution in [0.2, 0.25) is 0 Å². The van der Waals surface area contributed by atoms with Crippen molar-refractivity contribution in [2.75, 3.05) is 24.5 Å². The van der Waals surface area contributed by atoms with Crippen molar-refractivity contribution < 1.29 is 4.79 Å². The summed E-state index contributed by atoms with van der Waals surface area (Å²) in [6.45, 7) is 3.20. The summed E-state index contributed by atoms with van der Waals surface area (Å²) < 4.78 is 1.84. The van der Waals surface area contributed by atoms with Gasteiger partial charge in [-0.25, -0.2) is 14.6 Å². The number of piperidine rings is 1. The largest absolute Gasteiger partial charge is 0.356 e. The standard InChI is InChI=1S/C18H22N6OS/c25-16(11-14-5-4-10-26-14)19-6-9-24-18-15(12-22-24)17(20-13-21-18)23-7-2-1-3-8-23/h4-5,10,12-13H,1-3,6-9,11H2,(H,19,25). The Morgan fingerprint density at radius 2 is 2.12 bits per heavy atom. The second-order valence-electron chi connectivity index (χ2n) is 6.46. The van der Waals surface area contributed by atoms with E-state index in [1.807, 2.05) is 28.4 Å². The van der Waals surface area contributed by atoms with Gasteiger partial charge in [-0.15, -0.1) is 11.3 Å². The molecule has 26 heavy (non-hydrogen) atoms. The fourth-order valence-corrected chi connectivity index (χ4v) is 4.04. The number of anilines is 1. The van der Waals surface area contributed by atoms with E-state index in [9.17, 15) is 4.79 Å². The number of rotatable bonds is 6. The minimum atomic E-state index is 0.0348. The number of hydrogen-bond donors (Lipinski definition) is 1. The Morgan fingerprint density at radius 1 is 1.23 bits per heavy atom. The first-order chi connectivity index (χ1) is 12.8. The van der Waals surface area contributed by atoms with Gasteiger partial charge >= 0.3 is 0 Å². The predicted octanol–water partition coefficient (Wildman–Crippen LogP) is 2.24. The van der Waals surface area contributed by atoms with Gasteiger partial charge in [0.15, 0.2) is 5.65 Å². The van der Waals surface area contributed by atoms with Crippen molar-refractivity contribution >= 4 is 34.1 Å². The highest BCUT2D eigenvalue weighted by Crippen LogP contribution is 2.25. The van der Waals surface area contributed by atoms with Crippen molar-refractivity contribution in [3.8, 4) is 0 Å². The molecule has 1 fully saturated rings. The second-order valence-corrected chi connectivity index (χ2v) is 7.49. The quantitative estimate of drug-likeness (QED) is 0.720. The maximum atomic E-state index is 12.0. The molecule has 7 nitrogen and oxygen atoms in total. The molecule has 0 radical (unpaired) electrons. The zero-order valence-electron chi connectivity index (χ0n) is 14.6. The molecule has 136 valence electrons. The number of fused-ring (bicyclic) bond motifs is 1. The summed E-state index contributed by atoms with van der Waals surface area (Å²) >= 11 is 1.60. The van der Waals surface area contributed by atoms with E-state index in [1.54, 1.807) is 17.7 Å². The number of aromatic nitrogens is 4. The van der Waals surface area contributed by atoms with Crippen molar-refractivity contribution in [3.63, 3.8) is 0 Å². The summed E-state index contributed by atoms with van der Waals surface area (Å²) in [5, 5.41) is 10.4. The summed E-state index contributed by atoms with van der Waals surface area (Å²) in [6.07, 6.45) is 7.58. The van der Waals surface area contributed by atoms with Crippen LogP contribution in [0.5, 0.6) is 0 Å². The molecule has 1 saturated heterocycles. The summed E-state index contributed by atoms with van der Waals surface area (Å²) in [5.41, 5.74) is 0.827. The molecule has 4 heterocycles. The average molecular weight is 370 g/mol. The van der Waals surface area contributed by atoms with E-state index in [0.717, 1.165) is 34.8 Å². The lowest BCUT2D eigenvalue weighted by Crippen LogP contribution is -2.30. The van der Waals surface area contributed by atoms with Gasteiger partial charge in [0.05, 0.1) is 24.5 Å². The summed E-state index contributed by atoms with van der Waals surface area (Å²) in [7, 11) is 0. The maximum absolute atomic E-state index is 12.0. The van der Waals surface area contributed by atoms with Gasteiger partial charge in [-0.1, -0.05) is 6.07 Å². The van der Waals surface area contributed by atoms with Crippen molar-refractivity contribution in [3.05, 3.63) is 34.9 Å². The smallest absolute Gasteiger partial charge is 0.225 e. The van der Waals surface area contributed by atoms with Gasteiger partial charge in [-0.3, -0.25) is 4.79 Å². The molecule has 0 saturated carbocycles. The van der Waals surface area contributed by atoms with E-state index in [1.165, 1.54) is 19.3 Å². The molecule has 1 N–H and O–H groups in total. The van der Waals surface area contributed by atoms with Crippen LogP contribution in [0.3, 0.4) is 0 Å². The molecular weight excluding hydrogens is 348 g/mol. The Balaban J connectivity index is 1.40. The highest BCUT2D eigenvalue weighted by molar-refractivity contribution is 7.10. The number of nitrogens with one attached hydrogen (secondary N) is 1. The number of amides is 1. The molecule has 1 aliphatic heterocycles. The lowest BCUT2D eigenvalue weighted by molar-refractivity contribution is -0.120. The van der Waals surface area contributed by atoms with Crippen LogP contribution in [0.1, 0.15) is 24.1 Å². The molecule has 0 unspecified atom stereocenters. The fraction of sp³-hybridized carbons (Fsp3) is 0.444. The Hall–Kier alpha value is -2.48. The van der Waals surface area contributed by atoms with Gasteiger partial charge < -0.3 is 10.2 Å². The highest BCUT2D eigenvalue weighted by atomic mass is 32.1. The van der Waals surface area contributed by atoms with E-state index in [2.05, 4.69) is 25.3 Å². The van der Waals surface area contributed by atoms with Crippen molar-refractivity contribution in [1.82, 2.24) is 25.1 Å². The van der Waals surface area contributed by atoms with Crippen LogP contribution in [0, 0.1) is 0 Å². The summed E-state index contributed by atoms with van der Waals surface area (Å²) in [5.74, 6) is 1.01. The van der Waals surface area contributed by atoms with Gasteiger partial charge in [-0.2, -0.15) is 5.10 Å². The predicted molar refractivity (Wildman–Crippen MR) is 102 cm³/mol. The monoisotopic (exact) mass is 370 g/mol. The highest BCUT2D eigenvalue weighted by Gasteiger charge is 2.17. The molecule has 4 rings (SSSR count). The minimum Gasteiger partial charge on any atom is -0.356 e. The van der Waals surface area contributed by atoms with Crippen LogP contribution < -0.4 is 10.2 Å². The molecule has 3 aromatic rings. The molecule has 0 atom stereocenters. The number of hydrogen-bond acceptors (Lipinski definition) is 6. The first-order valence-electron chi connectivity index (χ1n) is 9.02. The lowest BCUT2D eigenvalue weighted by atomic mass is 10.1. The Kier molecular flexibility index (Phi) is 5.10. The molecule has 0 aliphatic carbocycles. The van der Waals surface area contributed by atoms with Gasteiger partial charge in [0.1, 0.15) is 12.1 Å².